The Hall–Kier alpha value is -2.91. The number of hydrogen-bond donors (Lipinski definition) is 1. The number of rotatable bonds is 9. The van der Waals surface area contributed by atoms with Crippen molar-refractivity contribution in [3.8, 4) is 17.2 Å². The number of aliphatic hydroxyl groups excluding tert-OH is 1. The number of carbonyl (C=O) groups excluding carboxylic acids is 1. The number of ether oxygens (including phenoxy) is 2. The first kappa shape index (κ1) is 19.8. The van der Waals surface area contributed by atoms with E-state index >= 15 is 0 Å². The fourth-order valence-electron chi connectivity index (χ4n) is 2.42. The lowest BCUT2D eigenvalue weighted by Crippen LogP contribution is -2.20. The molecule has 0 spiro atoms. The largest absolute Gasteiger partial charge is 0.494 e. The lowest BCUT2D eigenvalue weighted by molar-refractivity contribution is 0.101. The van der Waals surface area contributed by atoms with Gasteiger partial charge in [-0.15, -0.1) is 5.10 Å². The number of methoxy groups -OCH3 is 1. The summed E-state index contributed by atoms with van der Waals surface area (Å²) in [6.45, 7) is 1.62. The van der Waals surface area contributed by atoms with E-state index in [0.29, 0.717) is 33.7 Å². The third kappa shape index (κ3) is 4.87. The molecule has 3 rings (SSSR count). The Morgan fingerprint density at radius 3 is 2.68 bits per heavy atom. The summed E-state index contributed by atoms with van der Waals surface area (Å²) in [7, 11) is 1.58. The molecule has 0 aliphatic heterocycles. The minimum Gasteiger partial charge on any atom is -0.494 e. The molecule has 0 aliphatic rings. The Morgan fingerprint density at radius 2 is 1.96 bits per heavy atom. The molecular weight excluding hydrogens is 380 g/mol. The summed E-state index contributed by atoms with van der Waals surface area (Å²) in [6, 6.07) is 14.2. The third-order valence-electron chi connectivity index (χ3n) is 3.86. The van der Waals surface area contributed by atoms with Crippen molar-refractivity contribution in [1.29, 1.82) is 0 Å². The smallest absolute Gasteiger partial charge is 0.214 e. The van der Waals surface area contributed by atoms with E-state index in [1.807, 2.05) is 24.3 Å². The first-order valence-electron chi connectivity index (χ1n) is 8.55. The predicted molar refractivity (Wildman–Crippen MR) is 104 cm³/mol. The molecule has 0 saturated heterocycles. The summed E-state index contributed by atoms with van der Waals surface area (Å²) in [6.07, 6.45) is -0.722. The second-order valence-electron chi connectivity index (χ2n) is 5.90. The molecule has 1 N–H and O–H groups in total. The van der Waals surface area contributed by atoms with E-state index in [1.54, 1.807) is 36.1 Å². The summed E-state index contributed by atoms with van der Waals surface area (Å²) in [5.41, 5.74) is 1.33. The minimum atomic E-state index is -0.722. The highest BCUT2D eigenvalue weighted by Gasteiger charge is 2.15. The van der Waals surface area contributed by atoms with Crippen LogP contribution < -0.4 is 9.47 Å². The van der Waals surface area contributed by atoms with E-state index < -0.39 is 6.10 Å². The number of nitrogens with zero attached hydrogens (tertiary/aromatic N) is 4. The second kappa shape index (κ2) is 9.34. The SMILES string of the molecule is COc1ccccc1-n1nnnc1SCC(O)COc1ccc(C(C)=O)cc1. The zero-order chi connectivity index (χ0) is 19.9. The number of tetrazole rings is 1. The van der Waals surface area contributed by atoms with Crippen LogP contribution in [0.15, 0.2) is 53.7 Å². The van der Waals surface area contributed by atoms with Crippen molar-refractivity contribution in [2.75, 3.05) is 19.5 Å². The van der Waals surface area contributed by atoms with Gasteiger partial charge in [-0.1, -0.05) is 23.9 Å². The Balaban J connectivity index is 1.56. The third-order valence-corrected chi connectivity index (χ3v) is 4.93. The van der Waals surface area contributed by atoms with Gasteiger partial charge in [-0.05, 0) is 53.7 Å². The Morgan fingerprint density at radius 1 is 1.21 bits per heavy atom. The van der Waals surface area contributed by atoms with Crippen molar-refractivity contribution in [3.05, 3.63) is 54.1 Å². The zero-order valence-electron chi connectivity index (χ0n) is 15.5. The molecule has 0 saturated carbocycles. The summed E-state index contributed by atoms with van der Waals surface area (Å²) in [4.78, 5) is 11.3. The van der Waals surface area contributed by atoms with Gasteiger partial charge in [0, 0.05) is 11.3 Å². The highest BCUT2D eigenvalue weighted by atomic mass is 32.2. The Labute approximate surface area is 166 Å². The summed E-state index contributed by atoms with van der Waals surface area (Å²) >= 11 is 1.31. The lowest BCUT2D eigenvalue weighted by Gasteiger charge is -2.13. The molecule has 0 radical (unpaired) electrons. The lowest BCUT2D eigenvalue weighted by atomic mass is 10.1. The maximum atomic E-state index is 11.3. The van der Waals surface area contributed by atoms with Crippen LogP contribution >= 0.6 is 11.8 Å². The highest BCUT2D eigenvalue weighted by Crippen LogP contribution is 2.25. The number of thioether (sulfide) groups is 1. The molecule has 0 amide bonds. The van der Waals surface area contributed by atoms with E-state index in [9.17, 15) is 9.90 Å². The highest BCUT2D eigenvalue weighted by molar-refractivity contribution is 7.99. The first-order chi connectivity index (χ1) is 13.6. The van der Waals surface area contributed by atoms with Crippen LogP contribution in [0.3, 0.4) is 0 Å². The fraction of sp³-hybridized carbons (Fsp3) is 0.263. The van der Waals surface area contributed by atoms with Gasteiger partial charge in [-0.25, -0.2) is 0 Å². The van der Waals surface area contributed by atoms with E-state index in [1.165, 1.54) is 18.7 Å². The predicted octanol–water partition coefficient (Wildman–Crippen LogP) is 2.41. The average Bonchev–Trinajstić information content (AvgIpc) is 3.19. The normalized spacial score (nSPS) is 11.8. The number of ketones is 1. The van der Waals surface area contributed by atoms with Crippen LogP contribution in [0.5, 0.6) is 11.5 Å². The first-order valence-corrected chi connectivity index (χ1v) is 9.53. The maximum Gasteiger partial charge on any atom is 0.214 e. The van der Waals surface area contributed by atoms with Crippen LogP contribution in [0.2, 0.25) is 0 Å². The number of aliphatic hydroxyl groups is 1. The van der Waals surface area contributed by atoms with Crippen LogP contribution in [0.1, 0.15) is 17.3 Å². The van der Waals surface area contributed by atoms with Gasteiger partial charge in [0.2, 0.25) is 5.16 Å². The number of para-hydroxylation sites is 2. The van der Waals surface area contributed by atoms with Crippen molar-refractivity contribution in [2.45, 2.75) is 18.2 Å². The zero-order valence-corrected chi connectivity index (χ0v) is 16.3. The number of benzene rings is 2. The van der Waals surface area contributed by atoms with Gasteiger partial charge in [0.25, 0.3) is 0 Å². The maximum absolute atomic E-state index is 11.3. The van der Waals surface area contributed by atoms with Gasteiger partial charge in [0.05, 0.1) is 13.2 Å². The van der Waals surface area contributed by atoms with Crippen molar-refractivity contribution in [1.82, 2.24) is 20.2 Å². The number of hydrogen-bond acceptors (Lipinski definition) is 8. The molecule has 1 atom stereocenters. The summed E-state index contributed by atoms with van der Waals surface area (Å²) < 4.78 is 12.5. The number of aromatic nitrogens is 4. The van der Waals surface area contributed by atoms with Crippen molar-refractivity contribution >= 4 is 17.5 Å². The summed E-state index contributed by atoms with van der Waals surface area (Å²) in [5, 5.41) is 22.5. The molecule has 1 unspecified atom stereocenters. The van der Waals surface area contributed by atoms with Crippen LogP contribution in [0.25, 0.3) is 5.69 Å². The van der Waals surface area contributed by atoms with Crippen LogP contribution in [0.4, 0.5) is 0 Å². The molecule has 1 aromatic heterocycles. The molecule has 9 heteroatoms. The van der Waals surface area contributed by atoms with Gasteiger partial charge in [-0.2, -0.15) is 4.68 Å². The second-order valence-corrected chi connectivity index (χ2v) is 6.89. The number of carbonyl (C=O) groups is 1. The quantitative estimate of drug-likeness (QED) is 0.432. The molecule has 0 bridgehead atoms. The van der Waals surface area contributed by atoms with Crippen molar-refractivity contribution in [2.24, 2.45) is 0 Å². The van der Waals surface area contributed by atoms with Gasteiger partial charge < -0.3 is 14.6 Å². The van der Waals surface area contributed by atoms with Crippen molar-refractivity contribution in [3.63, 3.8) is 0 Å². The van der Waals surface area contributed by atoms with Crippen LogP contribution in [-0.4, -0.2) is 56.7 Å². The van der Waals surface area contributed by atoms with Gasteiger partial charge >= 0.3 is 0 Å². The summed E-state index contributed by atoms with van der Waals surface area (Å²) in [5.74, 6) is 1.58. The molecule has 0 aliphatic carbocycles. The van der Waals surface area contributed by atoms with E-state index in [-0.39, 0.29) is 12.4 Å². The molecule has 0 fully saturated rings. The Bertz CT molecular complexity index is 930. The molecule has 2 aromatic carbocycles. The van der Waals surface area contributed by atoms with Gasteiger partial charge in [0.1, 0.15) is 23.8 Å². The minimum absolute atomic E-state index is 0.00393. The van der Waals surface area contributed by atoms with Crippen LogP contribution in [0, 0.1) is 0 Å². The molecule has 1 heterocycles. The van der Waals surface area contributed by atoms with Crippen LogP contribution in [-0.2, 0) is 0 Å². The fourth-order valence-corrected chi connectivity index (χ4v) is 3.21. The standard InChI is InChI=1S/C19H20N4O4S/c1-13(24)14-7-9-16(10-8-14)27-11-15(25)12-28-19-20-21-22-23(19)17-5-3-4-6-18(17)26-2/h3-10,15,25H,11-12H2,1-2H3. The van der Waals surface area contributed by atoms with E-state index in [4.69, 9.17) is 9.47 Å². The molecule has 8 nitrogen and oxygen atoms in total. The molecule has 28 heavy (non-hydrogen) atoms. The average molecular weight is 400 g/mol. The van der Waals surface area contributed by atoms with Crippen molar-refractivity contribution < 1.29 is 19.4 Å². The molecule has 146 valence electrons. The molecular formula is C19H20N4O4S. The number of Topliss-reactive ketones (excluding diaryl/α,β-unsaturated/α-hetero) is 1. The monoisotopic (exact) mass is 400 g/mol. The van der Waals surface area contributed by atoms with E-state index in [0.717, 1.165) is 0 Å². The van der Waals surface area contributed by atoms with E-state index in [2.05, 4.69) is 15.5 Å². The molecule has 3 aromatic rings. The van der Waals surface area contributed by atoms with Gasteiger partial charge in [0.15, 0.2) is 5.78 Å². The Kier molecular flexibility index (Phi) is 6.62. The topological polar surface area (TPSA) is 99.4 Å². The van der Waals surface area contributed by atoms with Gasteiger partial charge in [-0.3, -0.25) is 4.79 Å².